The van der Waals surface area contributed by atoms with Crippen LogP contribution < -0.4 is 0 Å². The Hall–Kier alpha value is -1.61. The van der Waals surface area contributed by atoms with E-state index >= 15 is 0 Å². The van der Waals surface area contributed by atoms with Crippen LogP contribution in [0, 0.1) is 27.7 Å². The SMILES string of the molecule is Cc1cc(C)cc(-c2cn3c(C)c(C)sc3n2)c1. The van der Waals surface area contributed by atoms with E-state index < -0.39 is 0 Å². The van der Waals surface area contributed by atoms with Gasteiger partial charge in [-0.25, -0.2) is 4.98 Å². The fourth-order valence-electron chi connectivity index (χ4n) is 2.32. The Morgan fingerprint density at radius 3 is 2.28 bits per heavy atom. The van der Waals surface area contributed by atoms with Gasteiger partial charge >= 0.3 is 0 Å². The molecule has 0 aliphatic heterocycles. The van der Waals surface area contributed by atoms with Crippen molar-refractivity contribution >= 4 is 16.3 Å². The summed E-state index contributed by atoms with van der Waals surface area (Å²) in [4.78, 5) is 7.15. The molecule has 3 heteroatoms. The summed E-state index contributed by atoms with van der Waals surface area (Å²) in [6.07, 6.45) is 2.14. The largest absolute Gasteiger partial charge is 0.294 e. The number of nitrogens with zero attached hydrogens (tertiary/aromatic N) is 2. The highest BCUT2D eigenvalue weighted by atomic mass is 32.1. The zero-order chi connectivity index (χ0) is 12.9. The Kier molecular flexibility index (Phi) is 2.52. The minimum Gasteiger partial charge on any atom is -0.294 e. The fraction of sp³-hybridized carbons (Fsp3) is 0.267. The van der Waals surface area contributed by atoms with Crippen LogP contribution >= 0.6 is 11.3 Å². The van der Waals surface area contributed by atoms with E-state index in [9.17, 15) is 0 Å². The first-order chi connectivity index (χ1) is 8.54. The van der Waals surface area contributed by atoms with Crippen molar-refractivity contribution in [2.24, 2.45) is 0 Å². The summed E-state index contributed by atoms with van der Waals surface area (Å²) in [5.74, 6) is 0. The van der Waals surface area contributed by atoms with Crippen LogP contribution in [0.25, 0.3) is 16.2 Å². The second-order valence-corrected chi connectivity index (χ2v) is 6.08. The quantitative estimate of drug-likeness (QED) is 0.634. The van der Waals surface area contributed by atoms with E-state index in [1.165, 1.54) is 27.3 Å². The van der Waals surface area contributed by atoms with E-state index in [1.54, 1.807) is 11.3 Å². The molecule has 2 heterocycles. The number of hydrogen-bond acceptors (Lipinski definition) is 2. The number of fused-ring (bicyclic) bond motifs is 1. The molecule has 0 saturated carbocycles. The number of hydrogen-bond donors (Lipinski definition) is 0. The van der Waals surface area contributed by atoms with Gasteiger partial charge < -0.3 is 0 Å². The molecular formula is C15H16N2S. The van der Waals surface area contributed by atoms with Crippen molar-refractivity contribution in [1.29, 1.82) is 0 Å². The standard InChI is InChI=1S/C15H16N2S/c1-9-5-10(2)7-13(6-9)14-8-17-11(3)12(4)18-15(17)16-14/h5-8H,1-4H3. The number of thiazole rings is 1. The van der Waals surface area contributed by atoms with Crippen molar-refractivity contribution in [3.05, 3.63) is 46.1 Å². The minimum absolute atomic E-state index is 1.07. The summed E-state index contributed by atoms with van der Waals surface area (Å²) in [6, 6.07) is 6.58. The molecule has 0 N–H and O–H groups in total. The highest BCUT2D eigenvalue weighted by molar-refractivity contribution is 7.17. The molecular weight excluding hydrogens is 240 g/mol. The second kappa shape index (κ2) is 3.95. The van der Waals surface area contributed by atoms with Crippen LogP contribution in [0.4, 0.5) is 0 Å². The first-order valence-electron chi connectivity index (χ1n) is 6.08. The summed E-state index contributed by atoms with van der Waals surface area (Å²) >= 11 is 1.75. The third-order valence-electron chi connectivity index (χ3n) is 3.31. The van der Waals surface area contributed by atoms with Gasteiger partial charge in [-0.2, -0.15) is 0 Å². The molecule has 2 aromatic heterocycles. The maximum Gasteiger partial charge on any atom is 0.194 e. The number of aryl methyl sites for hydroxylation is 4. The molecule has 0 saturated heterocycles. The average Bonchev–Trinajstić information content (AvgIpc) is 2.80. The van der Waals surface area contributed by atoms with Gasteiger partial charge in [0, 0.05) is 22.3 Å². The molecule has 3 rings (SSSR count). The van der Waals surface area contributed by atoms with Gasteiger partial charge in [0.2, 0.25) is 0 Å². The van der Waals surface area contributed by atoms with Gasteiger partial charge in [0.25, 0.3) is 0 Å². The van der Waals surface area contributed by atoms with Crippen molar-refractivity contribution in [3.8, 4) is 11.3 Å². The van der Waals surface area contributed by atoms with Gasteiger partial charge in [0.1, 0.15) is 0 Å². The van der Waals surface area contributed by atoms with E-state index in [2.05, 4.69) is 56.5 Å². The van der Waals surface area contributed by atoms with Crippen molar-refractivity contribution in [2.45, 2.75) is 27.7 Å². The Morgan fingerprint density at radius 2 is 1.67 bits per heavy atom. The summed E-state index contributed by atoms with van der Waals surface area (Å²) in [5.41, 5.74) is 6.14. The topological polar surface area (TPSA) is 17.3 Å². The Morgan fingerprint density at radius 1 is 1.00 bits per heavy atom. The van der Waals surface area contributed by atoms with Crippen molar-refractivity contribution in [1.82, 2.24) is 9.38 Å². The summed E-state index contributed by atoms with van der Waals surface area (Å²) in [7, 11) is 0. The zero-order valence-corrected chi connectivity index (χ0v) is 11.9. The van der Waals surface area contributed by atoms with E-state index in [4.69, 9.17) is 4.98 Å². The molecule has 92 valence electrons. The van der Waals surface area contributed by atoms with E-state index in [0.717, 1.165) is 10.7 Å². The number of imidazole rings is 1. The van der Waals surface area contributed by atoms with Crippen LogP contribution in [0.15, 0.2) is 24.4 Å². The Bertz CT molecular complexity index is 714. The van der Waals surface area contributed by atoms with Crippen LogP contribution in [0.3, 0.4) is 0 Å². The molecule has 2 nitrogen and oxygen atoms in total. The Labute approximate surface area is 111 Å². The lowest BCUT2D eigenvalue weighted by molar-refractivity contribution is 1.11. The molecule has 0 atom stereocenters. The molecule has 0 amide bonds. The summed E-state index contributed by atoms with van der Waals surface area (Å²) in [6.45, 7) is 8.55. The first-order valence-corrected chi connectivity index (χ1v) is 6.90. The molecule has 0 fully saturated rings. The molecule has 0 aliphatic rings. The highest BCUT2D eigenvalue weighted by Crippen LogP contribution is 2.27. The van der Waals surface area contributed by atoms with Gasteiger partial charge in [-0.05, 0) is 39.8 Å². The molecule has 0 unspecified atom stereocenters. The smallest absolute Gasteiger partial charge is 0.194 e. The number of aromatic nitrogens is 2. The van der Waals surface area contributed by atoms with Crippen molar-refractivity contribution in [2.75, 3.05) is 0 Å². The summed E-state index contributed by atoms with van der Waals surface area (Å²) in [5, 5.41) is 0. The molecule has 0 radical (unpaired) electrons. The van der Waals surface area contributed by atoms with E-state index in [1.807, 2.05) is 0 Å². The van der Waals surface area contributed by atoms with Crippen LogP contribution in [0.1, 0.15) is 21.7 Å². The van der Waals surface area contributed by atoms with Crippen LogP contribution in [0.2, 0.25) is 0 Å². The fourth-order valence-corrected chi connectivity index (χ4v) is 3.27. The average molecular weight is 256 g/mol. The van der Waals surface area contributed by atoms with Gasteiger partial charge in [-0.1, -0.05) is 17.2 Å². The van der Waals surface area contributed by atoms with Crippen molar-refractivity contribution < 1.29 is 0 Å². The summed E-state index contributed by atoms with van der Waals surface area (Å²) < 4.78 is 2.19. The van der Waals surface area contributed by atoms with Gasteiger partial charge in [0.15, 0.2) is 4.96 Å². The number of benzene rings is 1. The van der Waals surface area contributed by atoms with Crippen LogP contribution in [-0.2, 0) is 0 Å². The maximum atomic E-state index is 4.73. The first kappa shape index (κ1) is 11.5. The molecule has 3 aromatic rings. The van der Waals surface area contributed by atoms with Crippen LogP contribution in [-0.4, -0.2) is 9.38 Å². The zero-order valence-electron chi connectivity index (χ0n) is 11.1. The maximum absolute atomic E-state index is 4.73. The van der Waals surface area contributed by atoms with Gasteiger partial charge in [-0.3, -0.25) is 4.40 Å². The molecule has 0 spiro atoms. The lowest BCUT2D eigenvalue weighted by Gasteiger charge is -2.01. The number of rotatable bonds is 1. The monoisotopic (exact) mass is 256 g/mol. The molecule has 1 aromatic carbocycles. The predicted octanol–water partition coefficient (Wildman–Crippen LogP) is 4.30. The van der Waals surface area contributed by atoms with Gasteiger partial charge in [-0.15, -0.1) is 11.3 Å². The third-order valence-corrected chi connectivity index (χ3v) is 4.38. The Balaban J connectivity index is 2.19. The lowest BCUT2D eigenvalue weighted by Crippen LogP contribution is -1.84. The molecule has 0 bridgehead atoms. The molecule has 0 aliphatic carbocycles. The highest BCUT2D eigenvalue weighted by Gasteiger charge is 2.10. The normalized spacial score (nSPS) is 11.3. The molecule has 18 heavy (non-hydrogen) atoms. The van der Waals surface area contributed by atoms with Gasteiger partial charge in [0.05, 0.1) is 5.69 Å². The second-order valence-electron chi connectivity index (χ2n) is 4.90. The predicted molar refractivity (Wildman–Crippen MR) is 77.5 cm³/mol. The van der Waals surface area contributed by atoms with E-state index in [-0.39, 0.29) is 0 Å². The van der Waals surface area contributed by atoms with Crippen molar-refractivity contribution in [3.63, 3.8) is 0 Å². The minimum atomic E-state index is 1.07. The lowest BCUT2D eigenvalue weighted by atomic mass is 10.1. The van der Waals surface area contributed by atoms with Crippen LogP contribution in [0.5, 0.6) is 0 Å². The van der Waals surface area contributed by atoms with E-state index in [0.29, 0.717) is 0 Å². The third kappa shape index (κ3) is 1.75.